The molecule has 0 saturated carbocycles. The number of urea groups is 1. The Morgan fingerprint density at radius 1 is 1.26 bits per heavy atom. The predicted octanol–water partition coefficient (Wildman–Crippen LogP) is 2.34. The van der Waals surface area contributed by atoms with Gasteiger partial charge in [-0.05, 0) is 18.6 Å². The summed E-state index contributed by atoms with van der Waals surface area (Å²) in [5, 5.41) is 13.2. The third-order valence-electron chi connectivity index (χ3n) is 2.30. The molecular formula is C12H14F2N2O3. The van der Waals surface area contributed by atoms with Crippen LogP contribution in [0.4, 0.5) is 19.3 Å². The van der Waals surface area contributed by atoms with Crippen molar-refractivity contribution in [2.24, 2.45) is 0 Å². The van der Waals surface area contributed by atoms with E-state index in [1.54, 1.807) is 6.92 Å². The molecule has 1 atom stereocenters. The fraction of sp³-hybridized carbons (Fsp3) is 0.333. The van der Waals surface area contributed by atoms with E-state index in [4.69, 9.17) is 5.11 Å². The van der Waals surface area contributed by atoms with Gasteiger partial charge in [0.2, 0.25) is 0 Å². The van der Waals surface area contributed by atoms with Crippen molar-refractivity contribution < 1.29 is 23.5 Å². The number of nitrogens with one attached hydrogen (secondary N) is 2. The first kappa shape index (κ1) is 14.9. The van der Waals surface area contributed by atoms with Gasteiger partial charge in [0, 0.05) is 11.8 Å². The SMILES string of the molecule is CCC[C@@H](NC(=O)Nc1cc(F)cc(F)c1)C(=O)O. The molecular weight excluding hydrogens is 258 g/mol. The fourth-order valence-electron chi connectivity index (χ4n) is 1.50. The number of carboxylic acid groups (broad SMARTS) is 1. The van der Waals surface area contributed by atoms with Crippen LogP contribution in [0.15, 0.2) is 18.2 Å². The van der Waals surface area contributed by atoms with Gasteiger partial charge < -0.3 is 15.7 Å². The van der Waals surface area contributed by atoms with Crippen LogP contribution in [-0.2, 0) is 4.79 Å². The van der Waals surface area contributed by atoms with Gasteiger partial charge in [-0.2, -0.15) is 0 Å². The lowest BCUT2D eigenvalue weighted by Crippen LogP contribution is -2.42. The molecule has 2 amide bonds. The monoisotopic (exact) mass is 272 g/mol. The molecule has 0 bridgehead atoms. The van der Waals surface area contributed by atoms with Crippen LogP contribution in [0.5, 0.6) is 0 Å². The summed E-state index contributed by atoms with van der Waals surface area (Å²) in [5.74, 6) is -2.83. The number of amides is 2. The Kier molecular flexibility index (Phi) is 5.23. The molecule has 0 aliphatic rings. The summed E-state index contributed by atoms with van der Waals surface area (Å²) in [5.41, 5.74) is -0.0874. The summed E-state index contributed by atoms with van der Waals surface area (Å²) in [7, 11) is 0. The first-order chi connectivity index (χ1) is 8.92. The Balaban J connectivity index is 2.66. The van der Waals surface area contributed by atoms with Crippen molar-refractivity contribution in [1.82, 2.24) is 5.32 Å². The third kappa shape index (κ3) is 4.90. The normalized spacial score (nSPS) is 11.7. The average molecular weight is 272 g/mol. The summed E-state index contributed by atoms with van der Waals surface area (Å²) >= 11 is 0. The lowest BCUT2D eigenvalue weighted by Gasteiger charge is -2.14. The lowest BCUT2D eigenvalue weighted by molar-refractivity contribution is -0.139. The number of halogens is 2. The number of carboxylic acids is 1. The topological polar surface area (TPSA) is 78.4 Å². The maximum Gasteiger partial charge on any atom is 0.326 e. The van der Waals surface area contributed by atoms with Crippen molar-refractivity contribution in [1.29, 1.82) is 0 Å². The van der Waals surface area contributed by atoms with Crippen molar-refractivity contribution in [3.63, 3.8) is 0 Å². The number of benzene rings is 1. The highest BCUT2D eigenvalue weighted by molar-refractivity contribution is 5.92. The predicted molar refractivity (Wildman–Crippen MR) is 64.8 cm³/mol. The van der Waals surface area contributed by atoms with Crippen LogP contribution in [0, 0.1) is 11.6 Å². The summed E-state index contributed by atoms with van der Waals surface area (Å²) in [6, 6.07) is 0.658. The van der Waals surface area contributed by atoms with Crippen molar-refractivity contribution in [2.45, 2.75) is 25.8 Å². The Hall–Kier alpha value is -2.18. The van der Waals surface area contributed by atoms with Gasteiger partial charge in [-0.25, -0.2) is 18.4 Å². The van der Waals surface area contributed by atoms with Crippen LogP contribution < -0.4 is 10.6 Å². The molecule has 0 aliphatic carbocycles. The van der Waals surface area contributed by atoms with E-state index >= 15 is 0 Å². The van der Waals surface area contributed by atoms with Gasteiger partial charge in [0.05, 0.1) is 0 Å². The largest absolute Gasteiger partial charge is 0.480 e. The van der Waals surface area contributed by atoms with Crippen LogP contribution in [0.3, 0.4) is 0 Å². The van der Waals surface area contributed by atoms with Crippen molar-refractivity contribution >= 4 is 17.7 Å². The van der Waals surface area contributed by atoms with Crippen molar-refractivity contribution in [3.05, 3.63) is 29.8 Å². The molecule has 19 heavy (non-hydrogen) atoms. The number of rotatable bonds is 5. The molecule has 1 rings (SSSR count). The zero-order valence-corrected chi connectivity index (χ0v) is 10.2. The number of anilines is 1. The van der Waals surface area contributed by atoms with Crippen LogP contribution in [0.25, 0.3) is 0 Å². The molecule has 104 valence electrons. The second kappa shape index (κ2) is 6.67. The highest BCUT2D eigenvalue weighted by Crippen LogP contribution is 2.12. The summed E-state index contributed by atoms with van der Waals surface area (Å²) in [4.78, 5) is 22.3. The number of carbonyl (C=O) groups excluding carboxylic acids is 1. The third-order valence-corrected chi connectivity index (χ3v) is 2.30. The fourth-order valence-corrected chi connectivity index (χ4v) is 1.50. The molecule has 0 saturated heterocycles. The van der Waals surface area contributed by atoms with Crippen LogP contribution >= 0.6 is 0 Å². The number of hydrogen-bond acceptors (Lipinski definition) is 2. The minimum Gasteiger partial charge on any atom is -0.480 e. The molecule has 1 aromatic rings. The Morgan fingerprint density at radius 2 is 1.84 bits per heavy atom. The molecule has 0 radical (unpaired) electrons. The van der Waals surface area contributed by atoms with Gasteiger partial charge in [0.25, 0.3) is 0 Å². The Bertz CT molecular complexity index is 460. The molecule has 0 fully saturated rings. The molecule has 0 aromatic heterocycles. The van der Waals surface area contributed by atoms with Gasteiger partial charge in [-0.3, -0.25) is 0 Å². The minimum atomic E-state index is -1.16. The smallest absolute Gasteiger partial charge is 0.326 e. The highest BCUT2D eigenvalue weighted by Gasteiger charge is 2.18. The molecule has 0 spiro atoms. The van der Waals surface area contributed by atoms with Crippen molar-refractivity contribution in [2.75, 3.05) is 5.32 Å². The molecule has 0 aliphatic heterocycles. The number of hydrogen-bond donors (Lipinski definition) is 3. The van der Waals surface area contributed by atoms with Crippen LogP contribution in [0.2, 0.25) is 0 Å². The second-order valence-electron chi connectivity index (χ2n) is 3.94. The van der Waals surface area contributed by atoms with E-state index in [2.05, 4.69) is 10.6 Å². The van der Waals surface area contributed by atoms with E-state index in [1.165, 1.54) is 0 Å². The van der Waals surface area contributed by atoms with Gasteiger partial charge in [0.1, 0.15) is 17.7 Å². The molecule has 5 nitrogen and oxygen atoms in total. The summed E-state index contributed by atoms with van der Waals surface area (Å²) in [6.45, 7) is 1.78. The number of carbonyl (C=O) groups is 2. The highest BCUT2D eigenvalue weighted by atomic mass is 19.1. The lowest BCUT2D eigenvalue weighted by atomic mass is 10.2. The number of aliphatic carboxylic acids is 1. The molecule has 0 unspecified atom stereocenters. The van der Waals surface area contributed by atoms with Gasteiger partial charge >= 0.3 is 12.0 Å². The summed E-state index contributed by atoms with van der Waals surface area (Å²) < 4.78 is 25.8. The Morgan fingerprint density at radius 3 is 2.32 bits per heavy atom. The van der Waals surface area contributed by atoms with E-state index in [9.17, 15) is 18.4 Å². The van der Waals surface area contributed by atoms with Gasteiger partial charge in [-0.1, -0.05) is 13.3 Å². The minimum absolute atomic E-state index is 0.0874. The van der Waals surface area contributed by atoms with E-state index in [-0.39, 0.29) is 12.1 Å². The van der Waals surface area contributed by atoms with E-state index in [0.717, 1.165) is 12.1 Å². The van der Waals surface area contributed by atoms with Crippen molar-refractivity contribution in [3.8, 4) is 0 Å². The van der Waals surface area contributed by atoms with Crippen LogP contribution in [0.1, 0.15) is 19.8 Å². The summed E-state index contributed by atoms with van der Waals surface area (Å²) in [6.07, 6.45) is 0.839. The quantitative estimate of drug-likeness (QED) is 0.769. The molecule has 1 aromatic carbocycles. The standard InChI is InChI=1S/C12H14F2N2O3/c1-2-3-10(11(17)18)16-12(19)15-9-5-7(13)4-8(14)6-9/h4-6,10H,2-3H2,1H3,(H,17,18)(H2,15,16,19)/t10-/m1/s1. The average Bonchev–Trinajstić information content (AvgIpc) is 2.26. The zero-order chi connectivity index (χ0) is 14.4. The molecule has 3 N–H and O–H groups in total. The van der Waals surface area contributed by atoms with Gasteiger partial charge in [0.15, 0.2) is 0 Å². The maximum absolute atomic E-state index is 12.9. The van der Waals surface area contributed by atoms with E-state index in [1.807, 2.05) is 0 Å². The van der Waals surface area contributed by atoms with Gasteiger partial charge in [-0.15, -0.1) is 0 Å². The zero-order valence-electron chi connectivity index (χ0n) is 10.2. The van der Waals surface area contributed by atoms with E-state index < -0.39 is 29.7 Å². The van der Waals surface area contributed by atoms with Crippen LogP contribution in [-0.4, -0.2) is 23.1 Å². The maximum atomic E-state index is 12.9. The molecule has 7 heteroatoms. The molecule has 0 heterocycles. The first-order valence-electron chi connectivity index (χ1n) is 5.68. The van der Waals surface area contributed by atoms with E-state index in [0.29, 0.717) is 12.5 Å². The first-order valence-corrected chi connectivity index (χ1v) is 5.68. The Labute approximate surface area is 108 Å². The second-order valence-corrected chi connectivity index (χ2v) is 3.94.